The molecule has 208 valence electrons. The average Bonchev–Trinajstić information content (AvgIpc) is 2.89. The minimum atomic E-state index is -4.85. The molecular weight excluding hydrogens is 528 g/mol. The molecule has 0 spiro atoms. The number of hydrogen-bond donors (Lipinski definition) is 3. The number of nitrogens with one attached hydrogen (secondary N) is 2. The van der Waals surface area contributed by atoms with Crippen LogP contribution in [0.1, 0.15) is 53.1 Å². The minimum Gasteiger partial charge on any atom is -0.384 e. The van der Waals surface area contributed by atoms with Crippen LogP contribution in [0.15, 0.2) is 73.0 Å². The van der Waals surface area contributed by atoms with E-state index in [4.69, 9.17) is 5.73 Å². The summed E-state index contributed by atoms with van der Waals surface area (Å²) in [6.45, 7) is 8.83. The molecule has 0 aliphatic heterocycles. The van der Waals surface area contributed by atoms with Crippen LogP contribution in [0, 0.1) is 5.82 Å². The third-order valence-corrected chi connectivity index (χ3v) is 5.26. The van der Waals surface area contributed by atoms with Crippen molar-refractivity contribution in [2.24, 2.45) is 0 Å². The van der Waals surface area contributed by atoms with Crippen molar-refractivity contribution >= 4 is 23.2 Å². The Morgan fingerprint density at radius 2 is 1.75 bits per heavy atom. The van der Waals surface area contributed by atoms with E-state index in [0.29, 0.717) is 0 Å². The quantitative estimate of drug-likeness (QED) is 0.256. The molecule has 1 aromatic carbocycles. The summed E-state index contributed by atoms with van der Waals surface area (Å²) < 4.78 is 54.5. The molecule has 0 unspecified atom stereocenters. The third kappa shape index (κ3) is 7.16. The van der Waals surface area contributed by atoms with Crippen molar-refractivity contribution in [1.29, 1.82) is 0 Å². The fraction of sp³-hybridized carbons (Fsp3) is 0.179. The maximum atomic E-state index is 14.7. The Labute approximate surface area is 227 Å². The third-order valence-electron chi connectivity index (χ3n) is 5.26. The summed E-state index contributed by atoms with van der Waals surface area (Å²) in [4.78, 5) is 36.6. The number of halogens is 4. The highest BCUT2D eigenvalue weighted by Gasteiger charge is 2.35. The van der Waals surface area contributed by atoms with Gasteiger partial charge >= 0.3 is 6.18 Å². The number of carbonyl (C=O) groups is 2. The highest BCUT2D eigenvalue weighted by molar-refractivity contribution is 5.97. The van der Waals surface area contributed by atoms with E-state index in [0.717, 1.165) is 12.1 Å². The van der Waals surface area contributed by atoms with Gasteiger partial charge in [0.15, 0.2) is 0 Å². The van der Waals surface area contributed by atoms with Crippen LogP contribution >= 0.6 is 0 Å². The summed E-state index contributed by atoms with van der Waals surface area (Å²) in [5, 5.41) is 5.28. The van der Waals surface area contributed by atoms with Crippen molar-refractivity contribution in [1.82, 2.24) is 25.6 Å². The molecule has 12 heteroatoms. The van der Waals surface area contributed by atoms with Crippen molar-refractivity contribution in [2.75, 3.05) is 5.73 Å². The monoisotopic (exact) mass is 554 g/mol. The second-order valence-corrected chi connectivity index (χ2v) is 8.72. The first kappa shape index (κ1) is 29.7. The number of anilines is 1. The normalized spacial score (nSPS) is 12.3. The van der Waals surface area contributed by atoms with Gasteiger partial charge in [-0.3, -0.25) is 9.59 Å². The van der Waals surface area contributed by atoms with E-state index in [1.807, 2.05) is 0 Å². The molecule has 0 aliphatic rings. The number of amides is 2. The molecular formula is C28H26F4N6O2. The van der Waals surface area contributed by atoms with Gasteiger partial charge in [-0.25, -0.2) is 19.3 Å². The molecule has 2 aromatic heterocycles. The highest BCUT2D eigenvalue weighted by Crippen LogP contribution is 2.29. The lowest BCUT2D eigenvalue weighted by Gasteiger charge is -2.14. The zero-order chi connectivity index (χ0) is 29.6. The summed E-state index contributed by atoms with van der Waals surface area (Å²) >= 11 is 0. The number of benzene rings is 1. The summed E-state index contributed by atoms with van der Waals surface area (Å²) in [5.41, 5.74) is 5.63. The van der Waals surface area contributed by atoms with Gasteiger partial charge in [0.25, 0.3) is 11.8 Å². The van der Waals surface area contributed by atoms with Gasteiger partial charge in [-0.15, -0.1) is 0 Å². The number of nitrogens with zero attached hydrogens (tertiary/aromatic N) is 3. The van der Waals surface area contributed by atoms with Gasteiger partial charge in [-0.2, -0.15) is 13.2 Å². The number of hydrogen-bond acceptors (Lipinski definition) is 6. The molecule has 0 atom stereocenters. The number of aromatic nitrogens is 3. The molecule has 0 saturated carbocycles. The first-order valence-electron chi connectivity index (χ1n) is 11.9. The van der Waals surface area contributed by atoms with Gasteiger partial charge in [0, 0.05) is 34.5 Å². The van der Waals surface area contributed by atoms with Crippen molar-refractivity contribution in [3.05, 3.63) is 102 Å². The van der Waals surface area contributed by atoms with E-state index >= 15 is 0 Å². The Balaban J connectivity index is 2.01. The summed E-state index contributed by atoms with van der Waals surface area (Å²) in [7, 11) is 0. The predicted molar refractivity (Wildman–Crippen MR) is 143 cm³/mol. The molecule has 8 nitrogen and oxygen atoms in total. The summed E-state index contributed by atoms with van der Waals surface area (Å²) in [5.74, 6) is -3.68. The van der Waals surface area contributed by atoms with E-state index in [2.05, 4.69) is 32.2 Å². The molecule has 0 radical (unpaired) electrons. The number of pyridine rings is 1. The average molecular weight is 555 g/mol. The van der Waals surface area contributed by atoms with Crippen molar-refractivity contribution in [3.63, 3.8) is 0 Å². The Kier molecular flexibility index (Phi) is 9.15. The zero-order valence-electron chi connectivity index (χ0n) is 21.8. The molecule has 40 heavy (non-hydrogen) atoms. The Bertz CT molecular complexity index is 1510. The topological polar surface area (TPSA) is 123 Å². The second kappa shape index (κ2) is 12.3. The van der Waals surface area contributed by atoms with E-state index in [1.54, 1.807) is 20.8 Å². The van der Waals surface area contributed by atoms with Gasteiger partial charge in [0.2, 0.25) is 5.82 Å². The summed E-state index contributed by atoms with van der Waals surface area (Å²) in [6.07, 6.45) is -0.680. The second-order valence-electron chi connectivity index (χ2n) is 8.72. The van der Waals surface area contributed by atoms with Crippen molar-refractivity contribution < 1.29 is 27.2 Å². The maximum Gasteiger partial charge on any atom is 0.451 e. The van der Waals surface area contributed by atoms with Crippen LogP contribution in [-0.4, -0.2) is 32.8 Å². The number of alkyl halides is 3. The Morgan fingerprint density at radius 1 is 1.02 bits per heavy atom. The first-order chi connectivity index (χ1) is 18.8. The van der Waals surface area contributed by atoms with Crippen LogP contribution in [0.3, 0.4) is 0 Å². The van der Waals surface area contributed by atoms with Crippen molar-refractivity contribution in [3.8, 4) is 11.3 Å². The highest BCUT2D eigenvalue weighted by atomic mass is 19.4. The predicted octanol–water partition coefficient (Wildman–Crippen LogP) is 5.32. The molecule has 0 bridgehead atoms. The van der Waals surface area contributed by atoms with Gasteiger partial charge in [-0.05, 0) is 57.2 Å². The van der Waals surface area contributed by atoms with Crippen LogP contribution < -0.4 is 16.4 Å². The van der Waals surface area contributed by atoms with Crippen LogP contribution in [0.2, 0.25) is 0 Å². The Hall–Kier alpha value is -4.87. The maximum absolute atomic E-state index is 14.7. The van der Waals surface area contributed by atoms with Gasteiger partial charge < -0.3 is 16.4 Å². The number of rotatable bonds is 8. The van der Waals surface area contributed by atoms with Crippen molar-refractivity contribution in [2.45, 2.75) is 33.0 Å². The molecule has 4 N–H and O–H groups in total. The molecule has 2 heterocycles. The summed E-state index contributed by atoms with van der Waals surface area (Å²) in [6, 6.07) is 9.10. The molecule has 2 amide bonds. The van der Waals surface area contributed by atoms with E-state index in [1.165, 1.54) is 48.6 Å². The lowest BCUT2D eigenvalue weighted by Crippen LogP contribution is -2.30. The molecule has 0 fully saturated rings. The van der Waals surface area contributed by atoms with Gasteiger partial charge in [0.05, 0.1) is 11.4 Å². The zero-order valence-corrected chi connectivity index (χ0v) is 21.8. The van der Waals surface area contributed by atoms with E-state index in [-0.39, 0.29) is 45.5 Å². The van der Waals surface area contributed by atoms with Crippen LogP contribution in [0.4, 0.5) is 23.4 Å². The number of nitrogen functional groups attached to an aromatic ring is 1. The SMILES string of the molecule is C=C/C(NC(=O)c1cccc(-c2cc(C(=O)NC(C)C)ccc2F)n1)=C(\C=C/C)c1cc(N)nc(C(F)(F)F)n1. The molecule has 0 aliphatic carbocycles. The lowest BCUT2D eigenvalue weighted by atomic mass is 10.1. The molecule has 3 rings (SSSR count). The standard InChI is InChI=1S/C28H26F4N6O2/c1-5-8-17(23-14-24(33)38-27(37-23)28(30,31)32)20(6-2)36-26(40)22-10-7-9-21(35-22)18-13-16(11-12-19(18)29)25(39)34-15(3)4/h5-15H,2H2,1,3-4H3,(H,34,39)(H,36,40)(H2,33,37,38)/b8-5-,20-17-. The minimum absolute atomic E-state index is 0.00344. The molecule has 0 saturated heterocycles. The van der Waals surface area contributed by atoms with Gasteiger partial charge in [0.1, 0.15) is 17.3 Å². The van der Waals surface area contributed by atoms with Crippen LogP contribution in [-0.2, 0) is 6.18 Å². The van der Waals surface area contributed by atoms with E-state index in [9.17, 15) is 27.2 Å². The van der Waals surface area contributed by atoms with Crippen LogP contribution in [0.5, 0.6) is 0 Å². The Morgan fingerprint density at radius 3 is 2.38 bits per heavy atom. The molecule has 3 aromatic rings. The number of allylic oxidation sites excluding steroid dienone is 4. The fourth-order valence-electron chi connectivity index (χ4n) is 3.54. The fourth-order valence-corrected chi connectivity index (χ4v) is 3.54. The number of carbonyl (C=O) groups excluding carboxylic acids is 2. The largest absolute Gasteiger partial charge is 0.451 e. The lowest BCUT2D eigenvalue weighted by molar-refractivity contribution is -0.144. The van der Waals surface area contributed by atoms with E-state index < -0.39 is 35.5 Å². The van der Waals surface area contributed by atoms with Crippen LogP contribution in [0.25, 0.3) is 16.8 Å². The first-order valence-corrected chi connectivity index (χ1v) is 11.9. The number of nitrogens with two attached hydrogens (primary N) is 1. The van der Waals surface area contributed by atoms with Gasteiger partial charge in [-0.1, -0.05) is 24.8 Å². The smallest absolute Gasteiger partial charge is 0.384 e.